The minimum atomic E-state index is -0.0450. The summed E-state index contributed by atoms with van der Waals surface area (Å²) < 4.78 is 3.56. The predicted octanol–water partition coefficient (Wildman–Crippen LogP) is 0.784. The Morgan fingerprint density at radius 2 is 2.06 bits per heavy atom. The van der Waals surface area contributed by atoms with Crippen LogP contribution in [0.1, 0.15) is 20.8 Å². The summed E-state index contributed by atoms with van der Waals surface area (Å²) in [6.45, 7) is 7.09. The van der Waals surface area contributed by atoms with Gasteiger partial charge in [-0.25, -0.2) is 14.0 Å². The highest BCUT2D eigenvalue weighted by Gasteiger charge is 2.10. The Morgan fingerprint density at radius 1 is 1.33 bits per heavy atom. The zero-order valence-corrected chi connectivity index (χ0v) is 11.3. The molecule has 18 heavy (non-hydrogen) atoms. The molecule has 0 aromatic carbocycles. The number of fused-ring (bicyclic) bond motifs is 1. The van der Waals surface area contributed by atoms with Crippen molar-refractivity contribution in [3.05, 3.63) is 36.0 Å². The Bertz CT molecular complexity index is 636. The second kappa shape index (κ2) is 4.44. The first-order chi connectivity index (χ1) is 8.38. The van der Waals surface area contributed by atoms with E-state index in [0.29, 0.717) is 6.54 Å². The molecule has 2 aromatic rings. The maximum absolute atomic E-state index is 12.0. The average Bonchev–Trinajstić information content (AvgIpc) is 2.31. The second-order valence-corrected chi connectivity index (χ2v) is 5.71. The summed E-state index contributed by atoms with van der Waals surface area (Å²) in [6, 6.07) is 7.26. The third kappa shape index (κ3) is 2.53. The summed E-state index contributed by atoms with van der Waals surface area (Å²) in [4.78, 5) is 4.54. The molecule has 0 aliphatic carbocycles. The van der Waals surface area contributed by atoms with Gasteiger partial charge < -0.3 is 5.11 Å². The lowest BCUT2D eigenvalue weighted by Gasteiger charge is -2.14. The first kappa shape index (κ1) is 12.6. The van der Waals surface area contributed by atoms with E-state index in [0.717, 1.165) is 11.1 Å². The van der Waals surface area contributed by atoms with Crippen molar-refractivity contribution in [2.45, 2.75) is 20.8 Å². The minimum absolute atomic E-state index is 0.0450. The van der Waals surface area contributed by atoms with E-state index in [4.69, 9.17) is 0 Å². The molecule has 0 aliphatic heterocycles. The number of rotatable bonds is 1. The topological polar surface area (TPSA) is 44.4 Å². The summed E-state index contributed by atoms with van der Waals surface area (Å²) in [6.07, 6.45) is 1.77. The van der Waals surface area contributed by atoms with Gasteiger partial charge in [0.15, 0.2) is 0 Å². The summed E-state index contributed by atoms with van der Waals surface area (Å²) in [7, 11) is 1.93. The van der Waals surface area contributed by atoms with Crippen LogP contribution in [0.3, 0.4) is 0 Å². The Balaban J connectivity index is 2.63. The van der Waals surface area contributed by atoms with Crippen molar-refractivity contribution >= 4 is 5.65 Å². The van der Waals surface area contributed by atoms with Gasteiger partial charge in [0.05, 0.1) is 19.1 Å². The van der Waals surface area contributed by atoms with E-state index < -0.39 is 0 Å². The molecule has 2 aromatic heterocycles. The Kier molecular flexibility index (Phi) is 3.11. The zero-order chi connectivity index (χ0) is 13.3. The molecule has 0 amide bonds. The van der Waals surface area contributed by atoms with E-state index in [1.165, 1.54) is 0 Å². The lowest BCUT2D eigenvalue weighted by Crippen LogP contribution is -2.36. The van der Waals surface area contributed by atoms with E-state index in [-0.39, 0.29) is 11.3 Å². The van der Waals surface area contributed by atoms with Crippen LogP contribution in [0, 0.1) is 5.41 Å². The highest BCUT2D eigenvalue weighted by Crippen LogP contribution is 2.12. The Hall–Kier alpha value is -1.84. The minimum Gasteiger partial charge on any atom is -0.842 e. The van der Waals surface area contributed by atoms with Crippen LogP contribution in [0.5, 0.6) is 5.88 Å². The van der Waals surface area contributed by atoms with Crippen molar-refractivity contribution in [2.75, 3.05) is 6.54 Å². The van der Waals surface area contributed by atoms with E-state index in [2.05, 4.69) is 25.8 Å². The fourth-order valence-corrected chi connectivity index (χ4v) is 1.76. The van der Waals surface area contributed by atoms with Crippen molar-refractivity contribution in [3.8, 4) is 5.88 Å². The molecular weight excluding hydrogens is 226 g/mol. The van der Waals surface area contributed by atoms with Crippen molar-refractivity contribution < 1.29 is 9.51 Å². The number of hydrogen-bond acceptors (Lipinski definition) is 2. The molecule has 0 N–H and O–H groups in total. The number of aromatic nitrogens is 2. The quantitative estimate of drug-likeness (QED) is 0.685. The van der Waals surface area contributed by atoms with Crippen LogP contribution in [0.25, 0.3) is 5.65 Å². The van der Waals surface area contributed by atoms with Crippen LogP contribution in [0.15, 0.2) is 35.5 Å². The van der Waals surface area contributed by atoms with E-state index in [1.807, 2.05) is 29.8 Å². The predicted molar refractivity (Wildman–Crippen MR) is 67.9 cm³/mol. The number of hydrogen-bond donors (Lipinski definition) is 0. The lowest BCUT2D eigenvalue weighted by atomic mass is 9.97. The van der Waals surface area contributed by atoms with Crippen LogP contribution in [-0.2, 0) is 7.05 Å². The van der Waals surface area contributed by atoms with Crippen LogP contribution in [-0.4, -0.2) is 11.1 Å². The molecule has 0 bridgehead atoms. The number of aryl methyl sites for hydroxylation is 1. The normalized spacial score (nSPS) is 13.2. The lowest BCUT2D eigenvalue weighted by molar-refractivity contribution is -0.588. The molecule has 0 saturated heterocycles. The third-order valence-electron chi connectivity index (χ3n) is 2.73. The Labute approximate surface area is 107 Å². The zero-order valence-electron chi connectivity index (χ0n) is 11.3. The molecule has 0 spiro atoms. The third-order valence-corrected chi connectivity index (χ3v) is 2.73. The molecule has 0 aliphatic rings. The fraction of sp³-hybridized carbons (Fsp3) is 0.429. The molecule has 96 valence electrons. The maximum atomic E-state index is 12.0. The highest BCUT2D eigenvalue weighted by atomic mass is 16.3. The number of nitrogens with zero attached hydrogens (tertiary/aromatic N) is 3. The summed E-state index contributed by atoms with van der Waals surface area (Å²) in [5.41, 5.74) is 1.69. The molecule has 2 rings (SSSR count). The van der Waals surface area contributed by atoms with Gasteiger partial charge in [0.25, 0.3) is 5.65 Å². The molecule has 0 unspecified atom stereocenters. The van der Waals surface area contributed by atoms with Gasteiger partial charge in [-0.2, -0.15) is 0 Å². The second-order valence-electron chi connectivity index (χ2n) is 5.71. The Morgan fingerprint density at radius 3 is 2.72 bits per heavy atom. The first-order valence-corrected chi connectivity index (χ1v) is 6.06. The van der Waals surface area contributed by atoms with Gasteiger partial charge in [0.1, 0.15) is 0 Å². The first-order valence-electron chi connectivity index (χ1n) is 6.06. The molecule has 0 radical (unpaired) electrons. The summed E-state index contributed by atoms with van der Waals surface area (Å²) >= 11 is 0. The highest BCUT2D eigenvalue weighted by molar-refractivity contribution is 5.30. The summed E-state index contributed by atoms with van der Waals surface area (Å²) in [5, 5.41) is 12.0. The van der Waals surface area contributed by atoms with Gasteiger partial charge >= 0.3 is 0 Å². The van der Waals surface area contributed by atoms with E-state index in [9.17, 15) is 5.11 Å². The van der Waals surface area contributed by atoms with E-state index in [1.54, 1.807) is 16.7 Å². The van der Waals surface area contributed by atoms with Gasteiger partial charge in [-0.3, -0.25) is 0 Å². The van der Waals surface area contributed by atoms with Crippen molar-refractivity contribution in [1.29, 1.82) is 0 Å². The van der Waals surface area contributed by atoms with Crippen molar-refractivity contribution in [1.82, 2.24) is 4.57 Å². The van der Waals surface area contributed by atoms with Gasteiger partial charge in [-0.05, 0) is 11.5 Å². The smallest absolute Gasteiger partial charge is 0.286 e. The van der Waals surface area contributed by atoms with Crippen LogP contribution in [0.2, 0.25) is 0 Å². The molecule has 0 fully saturated rings. The molecule has 4 heteroatoms. The molecule has 2 heterocycles. The fourth-order valence-electron chi connectivity index (χ4n) is 1.76. The van der Waals surface area contributed by atoms with Gasteiger partial charge in [-0.15, -0.1) is 0 Å². The largest absolute Gasteiger partial charge is 0.842 e. The monoisotopic (exact) mass is 245 g/mol. The molecular formula is C14H19N3O. The van der Waals surface area contributed by atoms with Gasteiger partial charge in [0.2, 0.25) is 5.49 Å². The molecule has 0 atom stereocenters. The van der Waals surface area contributed by atoms with Gasteiger partial charge in [-0.1, -0.05) is 26.8 Å². The van der Waals surface area contributed by atoms with Crippen molar-refractivity contribution in [3.63, 3.8) is 0 Å². The molecule has 4 nitrogen and oxygen atoms in total. The maximum Gasteiger partial charge on any atom is 0.286 e. The average molecular weight is 245 g/mol. The molecule has 0 saturated carbocycles. The summed E-state index contributed by atoms with van der Waals surface area (Å²) in [5.74, 6) is -0.0450. The number of pyridine rings is 1. The van der Waals surface area contributed by atoms with Crippen LogP contribution < -0.4 is 15.0 Å². The SMILES string of the molecule is Cn1c(=NCC(C)(C)C)cc([O-])[n+]2ccccc12. The van der Waals surface area contributed by atoms with Crippen molar-refractivity contribution in [2.24, 2.45) is 17.5 Å². The van der Waals surface area contributed by atoms with Crippen LogP contribution in [0.4, 0.5) is 0 Å². The standard InChI is InChI=1S/C14H19N3O/c1-14(2,3)10-15-11-9-13(18)17-8-6-5-7-12(17)16(11)4/h5-9H,10H2,1-4H3. The van der Waals surface area contributed by atoms with Gasteiger partial charge in [0, 0.05) is 18.7 Å². The van der Waals surface area contributed by atoms with E-state index >= 15 is 0 Å². The van der Waals surface area contributed by atoms with Crippen LogP contribution >= 0.6 is 0 Å².